The Labute approximate surface area is 141 Å². The molecule has 0 aromatic heterocycles. The van der Waals surface area contributed by atoms with E-state index >= 15 is 0 Å². The van der Waals surface area contributed by atoms with Crippen LogP contribution in [0.5, 0.6) is 5.75 Å². The van der Waals surface area contributed by atoms with Crippen LogP contribution in [0.4, 0.5) is 4.39 Å². The zero-order chi connectivity index (χ0) is 17.0. The van der Waals surface area contributed by atoms with Gasteiger partial charge in [-0.2, -0.15) is 0 Å². The van der Waals surface area contributed by atoms with Gasteiger partial charge in [0.15, 0.2) is 0 Å². The molecule has 1 aliphatic rings. The van der Waals surface area contributed by atoms with Crippen molar-refractivity contribution in [1.29, 1.82) is 0 Å². The van der Waals surface area contributed by atoms with Gasteiger partial charge in [0.2, 0.25) is 0 Å². The number of halogens is 1. The molecule has 0 amide bonds. The highest BCUT2D eigenvalue weighted by Crippen LogP contribution is 2.37. The molecule has 4 heteroatoms. The third kappa shape index (κ3) is 3.65. The summed E-state index contributed by atoms with van der Waals surface area (Å²) in [6.07, 6.45) is 2.02. The van der Waals surface area contributed by atoms with Gasteiger partial charge < -0.3 is 14.3 Å². The molecule has 24 heavy (non-hydrogen) atoms. The highest BCUT2D eigenvalue weighted by atomic mass is 19.1. The second-order valence-electron chi connectivity index (χ2n) is 6.36. The van der Waals surface area contributed by atoms with E-state index in [0.717, 1.165) is 11.8 Å². The largest absolute Gasteiger partial charge is 0.489 e. The lowest BCUT2D eigenvalue weighted by Crippen LogP contribution is -2.39. The molecule has 3 rings (SSSR count). The molecule has 0 spiro atoms. The zero-order valence-electron chi connectivity index (χ0n) is 13.7. The molecule has 1 aliphatic heterocycles. The Kier molecular flexibility index (Phi) is 4.95. The summed E-state index contributed by atoms with van der Waals surface area (Å²) in [5.74, 6) is 0.0464. The van der Waals surface area contributed by atoms with Crippen LogP contribution in [0, 0.1) is 5.82 Å². The molecule has 1 heterocycles. The van der Waals surface area contributed by atoms with Crippen molar-refractivity contribution < 1.29 is 18.7 Å². The molecule has 1 fully saturated rings. The average Bonchev–Trinajstić information content (AvgIpc) is 2.60. The lowest BCUT2D eigenvalue weighted by atomic mass is 9.73. The molecular weight excluding hydrogens is 307 g/mol. The molecule has 2 atom stereocenters. The first kappa shape index (κ1) is 16.7. The van der Waals surface area contributed by atoms with Gasteiger partial charge >= 0.3 is 0 Å². The smallest absolute Gasteiger partial charge is 0.130 e. The summed E-state index contributed by atoms with van der Waals surface area (Å²) < 4.78 is 25.4. The summed E-state index contributed by atoms with van der Waals surface area (Å²) in [6.45, 7) is 2.79. The first-order chi connectivity index (χ1) is 11.6. The van der Waals surface area contributed by atoms with Crippen molar-refractivity contribution in [3.05, 3.63) is 65.5 Å². The minimum atomic E-state index is -0.704. The standard InChI is InChI=1S/C20H21FO3/c1-15-12-20(14-22,7-8-23-15)17-9-18(21)11-19(10-17)24-13-16-5-3-2-4-6-16/h2-6,9-11,14-15H,7-8,12-13H2,1H3/t15-,20-/m1/s1. The second-order valence-corrected chi connectivity index (χ2v) is 6.36. The van der Waals surface area contributed by atoms with Gasteiger partial charge in [0, 0.05) is 12.7 Å². The molecule has 1 saturated heterocycles. The Morgan fingerprint density at radius 1 is 1.29 bits per heavy atom. The molecule has 0 saturated carbocycles. The van der Waals surface area contributed by atoms with Crippen LogP contribution < -0.4 is 4.74 Å². The Balaban J connectivity index is 1.84. The summed E-state index contributed by atoms with van der Waals surface area (Å²) in [4.78, 5) is 11.8. The maximum atomic E-state index is 14.1. The highest BCUT2D eigenvalue weighted by molar-refractivity contribution is 5.69. The van der Waals surface area contributed by atoms with Gasteiger partial charge in [-0.15, -0.1) is 0 Å². The molecule has 0 unspecified atom stereocenters. The predicted molar refractivity (Wildman–Crippen MR) is 89.6 cm³/mol. The van der Waals surface area contributed by atoms with Crippen molar-refractivity contribution >= 4 is 6.29 Å². The van der Waals surface area contributed by atoms with Crippen molar-refractivity contribution in [2.75, 3.05) is 6.61 Å². The fraction of sp³-hybridized carbons (Fsp3) is 0.350. The van der Waals surface area contributed by atoms with Crippen molar-refractivity contribution in [3.63, 3.8) is 0 Å². The average molecular weight is 328 g/mol. The van der Waals surface area contributed by atoms with Crippen LogP contribution in [0.15, 0.2) is 48.5 Å². The molecule has 0 bridgehead atoms. The summed E-state index contributed by atoms with van der Waals surface area (Å²) in [7, 11) is 0. The summed E-state index contributed by atoms with van der Waals surface area (Å²) >= 11 is 0. The van der Waals surface area contributed by atoms with E-state index < -0.39 is 11.2 Å². The van der Waals surface area contributed by atoms with E-state index in [0.29, 0.717) is 37.4 Å². The van der Waals surface area contributed by atoms with E-state index in [1.165, 1.54) is 12.1 Å². The van der Waals surface area contributed by atoms with E-state index in [9.17, 15) is 9.18 Å². The monoisotopic (exact) mass is 328 g/mol. The Morgan fingerprint density at radius 2 is 2.08 bits per heavy atom. The highest BCUT2D eigenvalue weighted by Gasteiger charge is 2.37. The van der Waals surface area contributed by atoms with E-state index in [1.54, 1.807) is 6.07 Å². The van der Waals surface area contributed by atoms with E-state index in [4.69, 9.17) is 9.47 Å². The third-order valence-electron chi connectivity index (χ3n) is 4.52. The summed E-state index contributed by atoms with van der Waals surface area (Å²) in [5, 5.41) is 0. The van der Waals surface area contributed by atoms with Crippen LogP contribution in [-0.2, 0) is 21.6 Å². The Hall–Kier alpha value is -2.20. The number of hydrogen-bond acceptors (Lipinski definition) is 3. The van der Waals surface area contributed by atoms with Gasteiger partial charge in [-0.1, -0.05) is 30.3 Å². The number of aldehydes is 1. The molecular formula is C20H21FO3. The van der Waals surface area contributed by atoms with Crippen LogP contribution in [0.3, 0.4) is 0 Å². The number of rotatable bonds is 5. The number of carbonyl (C=O) groups excluding carboxylic acids is 1. The van der Waals surface area contributed by atoms with Crippen molar-refractivity contribution in [1.82, 2.24) is 0 Å². The second kappa shape index (κ2) is 7.14. The van der Waals surface area contributed by atoms with Gasteiger partial charge in [0.1, 0.15) is 24.5 Å². The molecule has 2 aromatic carbocycles. The summed E-state index contributed by atoms with van der Waals surface area (Å²) in [5.41, 5.74) is 0.966. The summed E-state index contributed by atoms with van der Waals surface area (Å²) in [6, 6.07) is 14.3. The lowest BCUT2D eigenvalue weighted by Gasteiger charge is -2.36. The topological polar surface area (TPSA) is 35.5 Å². The Morgan fingerprint density at radius 3 is 2.79 bits per heavy atom. The van der Waals surface area contributed by atoms with Gasteiger partial charge in [-0.25, -0.2) is 4.39 Å². The quantitative estimate of drug-likeness (QED) is 0.777. The molecule has 126 valence electrons. The fourth-order valence-electron chi connectivity index (χ4n) is 3.23. The van der Waals surface area contributed by atoms with Gasteiger partial charge in [0.25, 0.3) is 0 Å². The van der Waals surface area contributed by atoms with E-state index in [-0.39, 0.29) is 6.10 Å². The van der Waals surface area contributed by atoms with E-state index in [1.807, 2.05) is 37.3 Å². The molecule has 0 radical (unpaired) electrons. The first-order valence-corrected chi connectivity index (χ1v) is 8.17. The number of carbonyl (C=O) groups is 1. The zero-order valence-corrected chi connectivity index (χ0v) is 13.7. The lowest BCUT2D eigenvalue weighted by molar-refractivity contribution is -0.118. The number of ether oxygens (including phenoxy) is 2. The number of benzene rings is 2. The van der Waals surface area contributed by atoms with Crippen LogP contribution in [0.2, 0.25) is 0 Å². The van der Waals surface area contributed by atoms with Gasteiger partial charge in [0.05, 0.1) is 11.5 Å². The van der Waals surface area contributed by atoms with Crippen LogP contribution in [0.25, 0.3) is 0 Å². The first-order valence-electron chi connectivity index (χ1n) is 8.17. The predicted octanol–water partition coefficient (Wildman–Crippen LogP) is 4.04. The van der Waals surface area contributed by atoms with Gasteiger partial charge in [-0.05, 0) is 43.0 Å². The Bertz CT molecular complexity index is 701. The molecule has 3 nitrogen and oxygen atoms in total. The van der Waals surface area contributed by atoms with Crippen molar-refractivity contribution in [2.45, 2.75) is 37.9 Å². The third-order valence-corrected chi connectivity index (χ3v) is 4.52. The van der Waals surface area contributed by atoms with Gasteiger partial charge in [-0.3, -0.25) is 0 Å². The molecule has 0 aliphatic carbocycles. The minimum Gasteiger partial charge on any atom is -0.489 e. The number of hydrogen-bond donors (Lipinski definition) is 0. The molecule has 2 aromatic rings. The normalized spacial score (nSPS) is 23.7. The van der Waals surface area contributed by atoms with Crippen LogP contribution >= 0.6 is 0 Å². The van der Waals surface area contributed by atoms with E-state index in [2.05, 4.69) is 0 Å². The van der Waals surface area contributed by atoms with Crippen molar-refractivity contribution in [3.8, 4) is 5.75 Å². The fourth-order valence-corrected chi connectivity index (χ4v) is 3.23. The maximum absolute atomic E-state index is 14.1. The van der Waals surface area contributed by atoms with Crippen LogP contribution in [0.1, 0.15) is 30.9 Å². The van der Waals surface area contributed by atoms with Crippen molar-refractivity contribution in [2.24, 2.45) is 0 Å². The van der Waals surface area contributed by atoms with Crippen LogP contribution in [-0.4, -0.2) is 19.0 Å². The molecule has 0 N–H and O–H groups in total. The minimum absolute atomic E-state index is 0.0269. The maximum Gasteiger partial charge on any atom is 0.130 e. The SMILES string of the molecule is C[C@@H]1C[C@](C=O)(c2cc(F)cc(OCc3ccccc3)c2)CCO1.